The van der Waals surface area contributed by atoms with Crippen LogP contribution in [0.15, 0.2) is 47.7 Å². The van der Waals surface area contributed by atoms with Crippen LogP contribution in [0.2, 0.25) is 19.6 Å². The Labute approximate surface area is 311 Å². The van der Waals surface area contributed by atoms with E-state index in [4.69, 9.17) is 23.7 Å². The van der Waals surface area contributed by atoms with Crippen LogP contribution in [0, 0.1) is 12.8 Å². The van der Waals surface area contributed by atoms with E-state index in [0.717, 1.165) is 59.3 Å². The van der Waals surface area contributed by atoms with Crippen LogP contribution in [0.5, 0.6) is 11.5 Å². The number of rotatable bonds is 19. The standard InChI is InChI=1S/C43H70O7Si/c1-16-17-18-19-37(48-27-32-20-22-33(47-12)23-21-32)34(24-31(3)28-51(13,14)15)39(44)43(10,49-29-46-11)40(45)50-38-35(41(4,5)6)25-30(2)26-36(38)42(7,8)9/h20-23,25-26,28,34,37,39,44H,16-19,24,27,29H2,1-15H3/b31-28+/t34-,37+,39+,43-/m1/s1. The molecule has 0 unspecified atom stereocenters. The van der Waals surface area contributed by atoms with Gasteiger partial charge in [0.1, 0.15) is 18.3 Å². The van der Waals surface area contributed by atoms with E-state index in [-0.39, 0.29) is 23.7 Å². The summed E-state index contributed by atoms with van der Waals surface area (Å²) in [5, 5.41) is 12.7. The molecule has 1 N–H and O–H groups in total. The molecule has 0 fully saturated rings. The summed E-state index contributed by atoms with van der Waals surface area (Å²) >= 11 is 0. The van der Waals surface area contributed by atoms with E-state index in [1.807, 2.05) is 24.3 Å². The van der Waals surface area contributed by atoms with Crippen LogP contribution in [0.4, 0.5) is 0 Å². The Bertz CT molecular complexity index is 1380. The molecule has 0 aliphatic heterocycles. The Morgan fingerprint density at radius 1 is 0.922 bits per heavy atom. The average molecular weight is 727 g/mol. The first-order chi connectivity index (χ1) is 23.6. The number of aliphatic hydroxyl groups is 1. The minimum atomic E-state index is -1.78. The zero-order valence-electron chi connectivity index (χ0n) is 34.6. The van der Waals surface area contributed by atoms with Gasteiger partial charge in [-0.15, -0.1) is 0 Å². The van der Waals surface area contributed by atoms with E-state index in [1.165, 1.54) is 7.11 Å². The lowest BCUT2D eigenvalue weighted by atomic mass is 9.78. The number of carbonyl (C=O) groups is 1. The summed E-state index contributed by atoms with van der Waals surface area (Å²) in [7, 11) is 1.56. The summed E-state index contributed by atoms with van der Waals surface area (Å²) in [5.74, 6) is 0.156. The summed E-state index contributed by atoms with van der Waals surface area (Å²) < 4.78 is 30.2. The highest BCUT2D eigenvalue weighted by molar-refractivity contribution is 6.81. The molecule has 0 amide bonds. The predicted molar refractivity (Wildman–Crippen MR) is 213 cm³/mol. The highest BCUT2D eigenvalue weighted by Crippen LogP contribution is 2.42. The number of carbonyl (C=O) groups excluding carboxylic acids is 1. The molecule has 4 atom stereocenters. The van der Waals surface area contributed by atoms with Crippen molar-refractivity contribution in [2.24, 2.45) is 5.92 Å². The molecule has 0 aromatic heterocycles. The highest BCUT2D eigenvalue weighted by Gasteiger charge is 2.50. The second-order valence-corrected chi connectivity index (χ2v) is 22.6. The molecular formula is C43H70O7Si. The van der Waals surface area contributed by atoms with Crippen molar-refractivity contribution in [3.8, 4) is 11.5 Å². The zero-order valence-corrected chi connectivity index (χ0v) is 35.6. The van der Waals surface area contributed by atoms with Gasteiger partial charge < -0.3 is 28.8 Å². The van der Waals surface area contributed by atoms with Gasteiger partial charge in [-0.25, -0.2) is 4.79 Å². The normalized spacial score (nSPS) is 16.0. The molecule has 2 aromatic rings. The lowest BCUT2D eigenvalue weighted by Gasteiger charge is -2.40. The van der Waals surface area contributed by atoms with Crippen molar-refractivity contribution >= 4 is 14.0 Å². The molecule has 2 aromatic carbocycles. The number of unbranched alkanes of at least 4 members (excludes halogenated alkanes) is 2. The number of aliphatic hydroxyl groups excluding tert-OH is 1. The van der Waals surface area contributed by atoms with E-state index in [0.29, 0.717) is 18.8 Å². The van der Waals surface area contributed by atoms with Gasteiger partial charge in [0.2, 0.25) is 0 Å². The summed E-state index contributed by atoms with van der Waals surface area (Å²) in [6.07, 6.45) is 2.62. The largest absolute Gasteiger partial charge is 0.497 e. The van der Waals surface area contributed by atoms with Crippen LogP contribution in [0.1, 0.15) is 117 Å². The number of aryl methyl sites for hydroxylation is 1. The first kappa shape index (κ1) is 44.7. The third kappa shape index (κ3) is 13.5. The highest BCUT2D eigenvalue weighted by atomic mass is 28.3. The first-order valence-electron chi connectivity index (χ1n) is 18.7. The monoisotopic (exact) mass is 726 g/mol. The molecule has 0 saturated carbocycles. The summed E-state index contributed by atoms with van der Waals surface area (Å²) in [4.78, 5) is 14.7. The number of allylic oxidation sites excluding steroid dienone is 1. The van der Waals surface area contributed by atoms with Crippen molar-refractivity contribution in [3.63, 3.8) is 0 Å². The van der Waals surface area contributed by atoms with Gasteiger partial charge in [0.25, 0.3) is 0 Å². The number of benzene rings is 2. The quantitative estimate of drug-likeness (QED) is 0.0507. The molecule has 0 aliphatic carbocycles. The minimum Gasteiger partial charge on any atom is -0.497 e. The molecule has 8 heteroatoms. The summed E-state index contributed by atoms with van der Waals surface area (Å²) in [6, 6.07) is 12.0. The molecule has 0 spiro atoms. The number of hydrogen-bond acceptors (Lipinski definition) is 7. The maximum absolute atomic E-state index is 14.7. The smallest absolute Gasteiger partial charge is 0.346 e. The molecule has 0 aliphatic rings. The molecule has 51 heavy (non-hydrogen) atoms. The van der Waals surface area contributed by atoms with E-state index < -0.39 is 31.7 Å². The first-order valence-corrected chi connectivity index (χ1v) is 22.3. The second kappa shape index (κ2) is 19.0. The number of ether oxygens (including phenoxy) is 5. The fraction of sp³-hybridized carbons (Fsp3) is 0.651. The molecular weight excluding hydrogens is 657 g/mol. The lowest BCUT2D eigenvalue weighted by molar-refractivity contribution is -0.209. The van der Waals surface area contributed by atoms with Crippen molar-refractivity contribution < 1.29 is 33.6 Å². The van der Waals surface area contributed by atoms with Crippen molar-refractivity contribution in [3.05, 3.63) is 69.9 Å². The van der Waals surface area contributed by atoms with Crippen LogP contribution < -0.4 is 9.47 Å². The molecule has 0 bridgehead atoms. The number of esters is 1. The van der Waals surface area contributed by atoms with Gasteiger partial charge in [0.05, 0.1) is 34.0 Å². The fourth-order valence-corrected chi connectivity index (χ4v) is 8.20. The van der Waals surface area contributed by atoms with E-state index in [2.05, 4.69) is 99.8 Å². The third-order valence-corrected chi connectivity index (χ3v) is 10.7. The van der Waals surface area contributed by atoms with Crippen LogP contribution in [0.3, 0.4) is 0 Å². The Morgan fingerprint density at radius 2 is 1.49 bits per heavy atom. The van der Waals surface area contributed by atoms with Crippen molar-refractivity contribution in [1.82, 2.24) is 0 Å². The van der Waals surface area contributed by atoms with Gasteiger partial charge in [0, 0.05) is 24.2 Å². The topological polar surface area (TPSA) is 83.5 Å². The van der Waals surface area contributed by atoms with E-state index in [1.54, 1.807) is 14.0 Å². The molecule has 7 nitrogen and oxygen atoms in total. The zero-order chi connectivity index (χ0) is 38.8. The van der Waals surface area contributed by atoms with Crippen LogP contribution >= 0.6 is 0 Å². The Kier molecular flexibility index (Phi) is 16.7. The maximum Gasteiger partial charge on any atom is 0.346 e. The minimum absolute atomic E-state index is 0.196. The van der Waals surface area contributed by atoms with Gasteiger partial charge in [-0.2, -0.15) is 0 Å². The van der Waals surface area contributed by atoms with Crippen LogP contribution in [-0.4, -0.2) is 58.0 Å². The molecule has 288 valence electrons. The van der Waals surface area contributed by atoms with Crippen molar-refractivity contribution in [1.29, 1.82) is 0 Å². The van der Waals surface area contributed by atoms with Gasteiger partial charge in [0.15, 0.2) is 5.60 Å². The Hall–Kier alpha value is -2.49. The summed E-state index contributed by atoms with van der Waals surface area (Å²) in [5.41, 5.74) is 5.07. The Morgan fingerprint density at radius 3 is 1.96 bits per heavy atom. The molecule has 0 radical (unpaired) electrons. The number of hydrogen-bond donors (Lipinski definition) is 1. The average Bonchev–Trinajstić information content (AvgIpc) is 3.02. The SMILES string of the molecule is CCCCC[C@H](OCc1ccc(OC)cc1)[C@@H](C/C(C)=C/[Si](C)(C)C)[C@H](O)[C@@](C)(OCOC)C(=O)Oc1c(C(C)(C)C)cc(C)cc1C(C)(C)C. The maximum atomic E-state index is 14.7. The predicted octanol–water partition coefficient (Wildman–Crippen LogP) is 10.2. The van der Waals surface area contributed by atoms with Crippen molar-refractivity contribution in [2.75, 3.05) is 21.0 Å². The fourth-order valence-electron chi connectivity index (χ4n) is 6.60. The van der Waals surface area contributed by atoms with Crippen molar-refractivity contribution in [2.45, 2.75) is 156 Å². The van der Waals surface area contributed by atoms with Gasteiger partial charge in [-0.05, 0) is 62.1 Å². The molecule has 2 rings (SSSR count). The second-order valence-electron chi connectivity index (χ2n) is 17.6. The van der Waals surface area contributed by atoms with E-state index >= 15 is 0 Å². The van der Waals surface area contributed by atoms with E-state index in [9.17, 15) is 9.90 Å². The van der Waals surface area contributed by atoms with Gasteiger partial charge in [-0.3, -0.25) is 0 Å². The van der Waals surface area contributed by atoms with Crippen LogP contribution in [0.25, 0.3) is 0 Å². The lowest BCUT2D eigenvalue weighted by Crippen LogP contribution is -2.57. The van der Waals surface area contributed by atoms with Gasteiger partial charge in [-0.1, -0.05) is 128 Å². The third-order valence-electron chi connectivity index (χ3n) is 9.33. The molecule has 0 heterocycles. The summed E-state index contributed by atoms with van der Waals surface area (Å²) in [6.45, 7) is 27.7. The van der Waals surface area contributed by atoms with Crippen LogP contribution in [-0.2, 0) is 36.4 Å². The Balaban J connectivity index is 2.74. The molecule has 0 saturated heterocycles. The number of methoxy groups -OCH3 is 2. The van der Waals surface area contributed by atoms with Gasteiger partial charge >= 0.3 is 5.97 Å².